The third-order valence-electron chi connectivity index (χ3n) is 0.704. The number of nitrogens with one attached hydrogen (secondary N) is 1. The van der Waals surface area contributed by atoms with E-state index in [1.165, 1.54) is 0 Å². The van der Waals surface area contributed by atoms with Gasteiger partial charge < -0.3 is 0 Å². The highest BCUT2D eigenvalue weighted by Crippen LogP contribution is 1.71. The van der Waals surface area contributed by atoms with Crippen molar-refractivity contribution in [3.05, 3.63) is 0 Å². The van der Waals surface area contributed by atoms with Crippen LogP contribution in [0.5, 0.6) is 0 Å². The largest absolute Gasteiger partial charge is 0.291 e. The number of hydrogen-bond acceptors (Lipinski definition) is 2. The molecule has 1 unspecified atom stereocenters. The van der Waals surface area contributed by atoms with Crippen LogP contribution in [0.2, 0.25) is 0 Å². The molecule has 0 aliphatic heterocycles. The molecule has 0 saturated carbocycles. The normalized spacial score (nSPS) is 11.4. The fraction of sp³-hybridized carbons (Fsp3) is 0.500. The summed E-state index contributed by atoms with van der Waals surface area (Å²) < 4.78 is 0. The molecule has 2 nitrogen and oxygen atoms in total. The van der Waals surface area contributed by atoms with Gasteiger partial charge in [-0.15, -0.1) is 6.42 Å². The van der Waals surface area contributed by atoms with Gasteiger partial charge in [-0.25, -0.2) is 0 Å². The SMILES string of the molecule is C#CCNC(C)C#N. The summed E-state index contributed by atoms with van der Waals surface area (Å²) in [6.07, 6.45) is 4.91. The Kier molecular flexibility index (Phi) is 3.66. The molecule has 0 aliphatic carbocycles. The van der Waals surface area contributed by atoms with Crippen molar-refractivity contribution in [2.24, 2.45) is 0 Å². The Hall–Kier alpha value is -0.990. The van der Waals surface area contributed by atoms with Crippen LogP contribution in [0.4, 0.5) is 0 Å². The molecule has 0 fully saturated rings. The third-order valence-corrected chi connectivity index (χ3v) is 0.704. The second-order valence-corrected chi connectivity index (χ2v) is 1.44. The number of hydrogen-bond donors (Lipinski definition) is 1. The molecule has 0 heterocycles. The summed E-state index contributed by atoms with van der Waals surface area (Å²) in [4.78, 5) is 0. The molecule has 0 rings (SSSR count). The van der Waals surface area contributed by atoms with Crippen LogP contribution in [-0.2, 0) is 0 Å². The van der Waals surface area contributed by atoms with Crippen LogP contribution in [0.15, 0.2) is 0 Å². The minimum atomic E-state index is -0.133. The van der Waals surface area contributed by atoms with E-state index < -0.39 is 0 Å². The minimum absolute atomic E-state index is 0.133. The summed E-state index contributed by atoms with van der Waals surface area (Å²) in [5.41, 5.74) is 0. The van der Waals surface area contributed by atoms with E-state index in [4.69, 9.17) is 11.7 Å². The molecule has 0 saturated heterocycles. The van der Waals surface area contributed by atoms with Crippen LogP contribution < -0.4 is 5.32 Å². The highest BCUT2D eigenvalue weighted by atomic mass is 14.9. The van der Waals surface area contributed by atoms with E-state index in [9.17, 15) is 0 Å². The summed E-state index contributed by atoms with van der Waals surface area (Å²) in [5.74, 6) is 2.37. The minimum Gasteiger partial charge on any atom is -0.291 e. The molecule has 0 bridgehead atoms. The first-order valence-corrected chi connectivity index (χ1v) is 2.37. The molecule has 0 aliphatic rings. The maximum atomic E-state index is 8.18. The van der Waals surface area contributed by atoms with E-state index >= 15 is 0 Å². The van der Waals surface area contributed by atoms with Gasteiger partial charge in [-0.05, 0) is 6.92 Å². The lowest BCUT2D eigenvalue weighted by molar-refractivity contribution is 0.704. The Bertz CT molecular complexity index is 126. The molecule has 0 aromatic carbocycles. The molecular formula is C6H8N2. The van der Waals surface area contributed by atoms with Gasteiger partial charge in [0, 0.05) is 0 Å². The predicted octanol–water partition coefficient (Wildman–Crippen LogP) is 0.121. The molecule has 1 N–H and O–H groups in total. The van der Waals surface area contributed by atoms with Gasteiger partial charge in [-0.2, -0.15) is 5.26 Å². The first kappa shape index (κ1) is 7.01. The maximum absolute atomic E-state index is 8.18. The van der Waals surface area contributed by atoms with Crippen molar-refractivity contribution in [1.82, 2.24) is 5.32 Å². The van der Waals surface area contributed by atoms with E-state index in [-0.39, 0.29) is 6.04 Å². The van der Waals surface area contributed by atoms with Gasteiger partial charge in [0.15, 0.2) is 0 Å². The quantitative estimate of drug-likeness (QED) is 0.510. The van der Waals surface area contributed by atoms with E-state index in [2.05, 4.69) is 11.2 Å². The van der Waals surface area contributed by atoms with Gasteiger partial charge in [0.05, 0.1) is 18.7 Å². The lowest BCUT2D eigenvalue weighted by Crippen LogP contribution is -2.24. The second-order valence-electron chi connectivity index (χ2n) is 1.44. The Morgan fingerprint density at radius 2 is 2.50 bits per heavy atom. The monoisotopic (exact) mass is 108 g/mol. The van der Waals surface area contributed by atoms with Crippen LogP contribution in [0.3, 0.4) is 0 Å². The standard InChI is InChI=1S/C6H8N2/c1-3-4-8-6(2)5-7/h1,6,8H,4H2,2H3. The van der Waals surface area contributed by atoms with Gasteiger partial charge in [0.25, 0.3) is 0 Å². The molecule has 42 valence electrons. The van der Waals surface area contributed by atoms with Crippen molar-refractivity contribution in [3.63, 3.8) is 0 Å². The van der Waals surface area contributed by atoms with Gasteiger partial charge in [0.1, 0.15) is 0 Å². The van der Waals surface area contributed by atoms with Crippen LogP contribution in [0, 0.1) is 23.7 Å². The molecule has 0 aromatic heterocycles. The van der Waals surface area contributed by atoms with Crippen molar-refractivity contribution in [2.45, 2.75) is 13.0 Å². The van der Waals surface area contributed by atoms with Crippen LogP contribution >= 0.6 is 0 Å². The van der Waals surface area contributed by atoms with Crippen molar-refractivity contribution in [2.75, 3.05) is 6.54 Å². The maximum Gasteiger partial charge on any atom is 0.0931 e. The Labute approximate surface area is 49.5 Å². The Morgan fingerprint density at radius 3 is 2.88 bits per heavy atom. The van der Waals surface area contributed by atoms with E-state index in [1.54, 1.807) is 6.92 Å². The summed E-state index contributed by atoms with van der Waals surface area (Å²) >= 11 is 0. The van der Waals surface area contributed by atoms with E-state index in [1.807, 2.05) is 6.07 Å². The van der Waals surface area contributed by atoms with Crippen molar-refractivity contribution < 1.29 is 0 Å². The lowest BCUT2D eigenvalue weighted by atomic mass is 10.4. The summed E-state index contributed by atoms with van der Waals surface area (Å²) in [6.45, 7) is 2.23. The molecule has 0 spiro atoms. The molecule has 2 heteroatoms. The topological polar surface area (TPSA) is 35.8 Å². The fourth-order valence-corrected chi connectivity index (χ4v) is 0.258. The van der Waals surface area contributed by atoms with Gasteiger partial charge in [-0.1, -0.05) is 5.92 Å². The average molecular weight is 108 g/mol. The first-order chi connectivity index (χ1) is 3.81. The summed E-state index contributed by atoms with van der Waals surface area (Å²) in [5, 5.41) is 11.0. The number of nitriles is 1. The number of nitrogens with zero attached hydrogens (tertiary/aromatic N) is 1. The number of terminal acetylenes is 1. The zero-order chi connectivity index (χ0) is 6.41. The molecular weight excluding hydrogens is 100 g/mol. The Balaban J connectivity index is 3.18. The molecule has 1 atom stereocenters. The van der Waals surface area contributed by atoms with Gasteiger partial charge >= 0.3 is 0 Å². The smallest absolute Gasteiger partial charge is 0.0931 e. The fourth-order valence-electron chi connectivity index (χ4n) is 0.258. The first-order valence-electron chi connectivity index (χ1n) is 2.37. The zero-order valence-electron chi connectivity index (χ0n) is 4.81. The highest BCUT2D eigenvalue weighted by Gasteiger charge is 1.91. The summed E-state index contributed by atoms with van der Waals surface area (Å²) in [6, 6.07) is 1.86. The van der Waals surface area contributed by atoms with Crippen LogP contribution in [0.25, 0.3) is 0 Å². The zero-order valence-corrected chi connectivity index (χ0v) is 4.81. The van der Waals surface area contributed by atoms with Crippen molar-refractivity contribution in [1.29, 1.82) is 5.26 Å². The summed E-state index contributed by atoms with van der Waals surface area (Å²) in [7, 11) is 0. The third kappa shape index (κ3) is 3.21. The Morgan fingerprint density at radius 1 is 1.88 bits per heavy atom. The molecule has 8 heavy (non-hydrogen) atoms. The van der Waals surface area contributed by atoms with E-state index in [0.717, 1.165) is 0 Å². The molecule has 0 amide bonds. The van der Waals surface area contributed by atoms with Gasteiger partial charge in [-0.3, -0.25) is 5.32 Å². The highest BCUT2D eigenvalue weighted by molar-refractivity contribution is 4.92. The van der Waals surface area contributed by atoms with Crippen LogP contribution in [-0.4, -0.2) is 12.6 Å². The lowest BCUT2D eigenvalue weighted by Gasteiger charge is -1.97. The van der Waals surface area contributed by atoms with Crippen molar-refractivity contribution in [3.8, 4) is 18.4 Å². The number of rotatable bonds is 2. The van der Waals surface area contributed by atoms with E-state index in [0.29, 0.717) is 6.54 Å². The average Bonchev–Trinajstić information content (AvgIpc) is 1.83. The predicted molar refractivity (Wildman–Crippen MR) is 31.9 cm³/mol. The molecule has 0 radical (unpaired) electrons. The van der Waals surface area contributed by atoms with Crippen LogP contribution in [0.1, 0.15) is 6.92 Å². The molecule has 0 aromatic rings. The van der Waals surface area contributed by atoms with Gasteiger partial charge in [0.2, 0.25) is 0 Å². The van der Waals surface area contributed by atoms with Crippen molar-refractivity contribution >= 4 is 0 Å². The second kappa shape index (κ2) is 4.18.